The number of ether oxygens (including phenoxy) is 1. The summed E-state index contributed by atoms with van der Waals surface area (Å²) in [7, 11) is 0. The highest BCUT2D eigenvalue weighted by atomic mass is 32.1. The third-order valence-corrected chi connectivity index (χ3v) is 4.26. The zero-order valence-electron chi connectivity index (χ0n) is 14.7. The number of H-pyrrole nitrogens is 1. The molecular formula is C20H20FN3O2S. The number of nitrogens with zero attached hydrogens (tertiary/aromatic N) is 1. The first-order chi connectivity index (χ1) is 13.1. The van der Waals surface area contributed by atoms with Gasteiger partial charge in [-0.15, -0.1) is 0 Å². The first kappa shape index (κ1) is 18.8. The topological polar surface area (TPSA) is 59.0 Å². The Kier molecular flexibility index (Phi) is 6.38. The van der Waals surface area contributed by atoms with E-state index >= 15 is 0 Å². The fourth-order valence-electron chi connectivity index (χ4n) is 2.61. The fourth-order valence-corrected chi connectivity index (χ4v) is 2.87. The lowest BCUT2D eigenvalue weighted by atomic mass is 10.3. The molecule has 0 aliphatic rings. The van der Waals surface area contributed by atoms with E-state index in [-0.39, 0.29) is 11.7 Å². The van der Waals surface area contributed by atoms with Crippen LogP contribution in [0.5, 0.6) is 5.75 Å². The molecule has 0 atom stereocenters. The van der Waals surface area contributed by atoms with Crippen molar-refractivity contribution in [2.45, 2.75) is 12.8 Å². The highest BCUT2D eigenvalue weighted by Crippen LogP contribution is 2.14. The molecule has 2 aromatic carbocycles. The molecular weight excluding hydrogens is 365 g/mol. The molecule has 3 rings (SSSR count). The number of benzene rings is 2. The van der Waals surface area contributed by atoms with Crippen molar-refractivity contribution in [2.24, 2.45) is 0 Å². The number of para-hydroxylation sites is 1. The van der Waals surface area contributed by atoms with Gasteiger partial charge in [-0.05, 0) is 61.5 Å². The molecule has 2 N–H and O–H groups in total. The van der Waals surface area contributed by atoms with E-state index in [2.05, 4.69) is 10.3 Å². The maximum absolute atomic E-state index is 13.1. The van der Waals surface area contributed by atoms with Crippen LogP contribution in [-0.2, 0) is 0 Å². The van der Waals surface area contributed by atoms with Gasteiger partial charge in [0.1, 0.15) is 17.3 Å². The Bertz CT molecular complexity index is 936. The molecule has 5 nitrogen and oxygen atoms in total. The van der Waals surface area contributed by atoms with Crippen LogP contribution in [0, 0.1) is 10.6 Å². The van der Waals surface area contributed by atoms with Crippen LogP contribution >= 0.6 is 12.2 Å². The molecule has 0 spiro atoms. The summed E-state index contributed by atoms with van der Waals surface area (Å²) in [6.07, 6.45) is 3.17. The highest BCUT2D eigenvalue weighted by molar-refractivity contribution is 7.71. The van der Waals surface area contributed by atoms with E-state index in [9.17, 15) is 9.18 Å². The summed E-state index contributed by atoms with van der Waals surface area (Å²) in [4.78, 5) is 15.3. The fraction of sp³-hybridized carbons (Fsp3) is 0.200. The van der Waals surface area contributed by atoms with E-state index in [0.717, 1.165) is 18.6 Å². The smallest absolute Gasteiger partial charge is 0.269 e. The highest BCUT2D eigenvalue weighted by Gasteiger charge is 2.14. The van der Waals surface area contributed by atoms with Crippen molar-refractivity contribution < 1.29 is 13.9 Å². The number of unbranched alkanes of at least 4 members (excludes halogenated alkanes) is 1. The van der Waals surface area contributed by atoms with Gasteiger partial charge in [-0.3, -0.25) is 9.36 Å². The molecule has 0 aliphatic heterocycles. The normalized spacial score (nSPS) is 10.6. The number of amides is 1. The molecule has 0 saturated heterocycles. The lowest BCUT2D eigenvalue weighted by Crippen LogP contribution is -2.26. The first-order valence-corrected chi connectivity index (χ1v) is 9.08. The van der Waals surface area contributed by atoms with E-state index in [1.165, 1.54) is 12.1 Å². The van der Waals surface area contributed by atoms with Gasteiger partial charge < -0.3 is 15.0 Å². The molecule has 1 heterocycles. The minimum Gasteiger partial charge on any atom is -0.494 e. The largest absolute Gasteiger partial charge is 0.494 e. The predicted octanol–water partition coefficient (Wildman–Crippen LogP) is 4.26. The lowest BCUT2D eigenvalue weighted by Gasteiger charge is -2.09. The van der Waals surface area contributed by atoms with Crippen molar-refractivity contribution in [2.75, 3.05) is 13.2 Å². The zero-order valence-corrected chi connectivity index (χ0v) is 15.5. The summed E-state index contributed by atoms with van der Waals surface area (Å²) in [5.74, 6) is 0.257. The number of carbonyl (C=O) groups is 1. The number of carbonyl (C=O) groups excluding carboxylic acids is 1. The third-order valence-electron chi connectivity index (χ3n) is 3.96. The second-order valence-corrected chi connectivity index (χ2v) is 6.30. The molecule has 0 aliphatic carbocycles. The van der Waals surface area contributed by atoms with E-state index in [1.807, 2.05) is 30.3 Å². The third kappa shape index (κ3) is 5.04. The quantitative estimate of drug-likeness (QED) is 0.450. The van der Waals surface area contributed by atoms with Crippen LogP contribution in [0.1, 0.15) is 23.3 Å². The van der Waals surface area contributed by atoms with Crippen LogP contribution in [-0.4, -0.2) is 28.6 Å². The molecule has 140 valence electrons. The summed E-state index contributed by atoms with van der Waals surface area (Å²) < 4.78 is 20.7. The average Bonchev–Trinajstić information content (AvgIpc) is 3.07. The minimum atomic E-state index is -0.343. The van der Waals surface area contributed by atoms with Gasteiger partial charge in [0.05, 0.1) is 6.61 Å². The van der Waals surface area contributed by atoms with Crippen molar-refractivity contribution in [3.63, 3.8) is 0 Å². The van der Waals surface area contributed by atoms with Gasteiger partial charge in [-0.1, -0.05) is 18.2 Å². The Morgan fingerprint density at radius 1 is 1.11 bits per heavy atom. The average molecular weight is 385 g/mol. The Morgan fingerprint density at radius 2 is 1.85 bits per heavy atom. The van der Waals surface area contributed by atoms with Gasteiger partial charge in [0.15, 0.2) is 4.77 Å². The van der Waals surface area contributed by atoms with Crippen molar-refractivity contribution in [3.8, 4) is 11.4 Å². The van der Waals surface area contributed by atoms with Crippen molar-refractivity contribution in [3.05, 3.63) is 77.1 Å². The number of nitrogens with one attached hydrogen (secondary N) is 2. The van der Waals surface area contributed by atoms with Crippen LogP contribution in [0.2, 0.25) is 0 Å². The zero-order chi connectivity index (χ0) is 19.1. The first-order valence-electron chi connectivity index (χ1n) is 8.67. The monoisotopic (exact) mass is 385 g/mol. The SMILES string of the molecule is O=C(NCCCCOc1ccccc1)c1c[nH]c(=S)n1-c1ccc(F)cc1. The number of hydrogen-bond donors (Lipinski definition) is 2. The van der Waals surface area contributed by atoms with Gasteiger partial charge in [0, 0.05) is 18.4 Å². The van der Waals surface area contributed by atoms with Crippen molar-refractivity contribution in [1.29, 1.82) is 0 Å². The molecule has 7 heteroatoms. The van der Waals surface area contributed by atoms with Crippen LogP contribution in [0.4, 0.5) is 4.39 Å². The second kappa shape index (κ2) is 9.14. The van der Waals surface area contributed by atoms with E-state index in [4.69, 9.17) is 17.0 Å². The van der Waals surface area contributed by atoms with Crippen molar-refractivity contribution >= 4 is 18.1 Å². The number of aromatic amines is 1. The van der Waals surface area contributed by atoms with E-state index in [1.54, 1.807) is 22.9 Å². The number of rotatable bonds is 8. The second-order valence-electron chi connectivity index (χ2n) is 5.92. The lowest BCUT2D eigenvalue weighted by molar-refractivity contribution is 0.0945. The van der Waals surface area contributed by atoms with Crippen LogP contribution in [0.25, 0.3) is 5.69 Å². The summed E-state index contributed by atoms with van der Waals surface area (Å²) >= 11 is 5.24. The number of hydrogen-bond acceptors (Lipinski definition) is 3. The van der Waals surface area contributed by atoms with Crippen LogP contribution in [0.15, 0.2) is 60.8 Å². The van der Waals surface area contributed by atoms with Gasteiger partial charge in [-0.25, -0.2) is 4.39 Å². The summed E-state index contributed by atoms with van der Waals surface area (Å²) in [5.41, 5.74) is 1.01. The molecule has 1 amide bonds. The summed E-state index contributed by atoms with van der Waals surface area (Å²) in [5, 5.41) is 2.88. The van der Waals surface area contributed by atoms with Gasteiger partial charge in [-0.2, -0.15) is 0 Å². The van der Waals surface area contributed by atoms with Gasteiger partial charge in [0.25, 0.3) is 5.91 Å². The molecule has 0 fully saturated rings. The number of aromatic nitrogens is 2. The van der Waals surface area contributed by atoms with E-state index in [0.29, 0.717) is 29.3 Å². The predicted molar refractivity (Wildman–Crippen MR) is 104 cm³/mol. The number of imidazole rings is 1. The number of halogens is 1. The van der Waals surface area contributed by atoms with Gasteiger partial charge in [0.2, 0.25) is 0 Å². The standard InChI is InChI=1S/C20H20FN3O2S/c21-15-8-10-16(11-9-15)24-18(14-23-20(24)27)19(25)22-12-4-5-13-26-17-6-2-1-3-7-17/h1-3,6-11,14H,4-5,12-13H2,(H,22,25)(H,23,27). The maximum Gasteiger partial charge on any atom is 0.269 e. The summed E-state index contributed by atoms with van der Waals surface area (Å²) in [6.45, 7) is 1.12. The maximum atomic E-state index is 13.1. The van der Waals surface area contributed by atoms with Gasteiger partial charge >= 0.3 is 0 Å². The summed E-state index contributed by atoms with van der Waals surface area (Å²) in [6, 6.07) is 15.4. The molecule has 1 aromatic heterocycles. The molecule has 0 saturated carbocycles. The minimum absolute atomic E-state index is 0.240. The molecule has 0 radical (unpaired) electrons. The Hall–Kier alpha value is -2.93. The van der Waals surface area contributed by atoms with Crippen LogP contribution < -0.4 is 10.1 Å². The van der Waals surface area contributed by atoms with Crippen LogP contribution in [0.3, 0.4) is 0 Å². The Balaban J connectivity index is 1.50. The molecule has 0 bridgehead atoms. The van der Waals surface area contributed by atoms with Crippen molar-refractivity contribution in [1.82, 2.24) is 14.9 Å². The molecule has 3 aromatic rings. The van der Waals surface area contributed by atoms with E-state index < -0.39 is 0 Å². The molecule has 27 heavy (non-hydrogen) atoms. The molecule has 0 unspecified atom stereocenters. The Morgan fingerprint density at radius 3 is 2.59 bits per heavy atom. The Labute approximate surface area is 161 Å².